The van der Waals surface area contributed by atoms with Crippen LogP contribution < -0.4 is 5.32 Å². The van der Waals surface area contributed by atoms with Crippen LogP contribution in [0.1, 0.15) is 25.6 Å². The zero-order valence-electron chi connectivity index (χ0n) is 9.11. The van der Waals surface area contributed by atoms with E-state index in [9.17, 15) is 5.11 Å². The van der Waals surface area contributed by atoms with Crippen molar-refractivity contribution in [2.45, 2.75) is 38.3 Å². The maximum absolute atomic E-state index is 10.3. The van der Waals surface area contributed by atoms with Gasteiger partial charge in [-0.05, 0) is 32.9 Å². The highest BCUT2D eigenvalue weighted by Crippen LogP contribution is 2.22. The van der Waals surface area contributed by atoms with Gasteiger partial charge in [-0.15, -0.1) is 0 Å². The minimum atomic E-state index is -0.592. The Morgan fingerprint density at radius 3 is 2.93 bits per heavy atom. The van der Waals surface area contributed by atoms with Crippen molar-refractivity contribution in [2.24, 2.45) is 0 Å². The standard InChI is InChI=1S/C10H18N4O/c1-2-14-9(12-8-13-14)7-10(15)3-5-11-6-4-10/h8,11,15H,2-7H2,1H3. The van der Waals surface area contributed by atoms with Gasteiger partial charge in [0, 0.05) is 13.0 Å². The predicted molar refractivity (Wildman–Crippen MR) is 56.5 cm³/mol. The van der Waals surface area contributed by atoms with E-state index in [0.29, 0.717) is 6.42 Å². The molecule has 0 amide bonds. The lowest BCUT2D eigenvalue weighted by Crippen LogP contribution is -2.43. The van der Waals surface area contributed by atoms with Gasteiger partial charge < -0.3 is 10.4 Å². The summed E-state index contributed by atoms with van der Waals surface area (Å²) in [5, 5.41) is 17.7. The lowest BCUT2D eigenvalue weighted by molar-refractivity contribution is 0.00822. The van der Waals surface area contributed by atoms with Crippen molar-refractivity contribution in [2.75, 3.05) is 13.1 Å². The number of nitrogens with zero attached hydrogens (tertiary/aromatic N) is 3. The molecule has 2 N–H and O–H groups in total. The average Bonchev–Trinajstić information content (AvgIpc) is 2.65. The average molecular weight is 210 g/mol. The van der Waals surface area contributed by atoms with Crippen molar-refractivity contribution >= 4 is 0 Å². The fourth-order valence-electron chi connectivity index (χ4n) is 2.05. The second kappa shape index (κ2) is 4.28. The van der Waals surface area contributed by atoms with E-state index < -0.39 is 5.60 Å². The van der Waals surface area contributed by atoms with Gasteiger partial charge in [-0.1, -0.05) is 0 Å². The molecule has 1 aliphatic heterocycles. The fraction of sp³-hybridized carbons (Fsp3) is 0.800. The summed E-state index contributed by atoms with van der Waals surface area (Å²) in [5.41, 5.74) is -0.592. The highest BCUT2D eigenvalue weighted by atomic mass is 16.3. The van der Waals surface area contributed by atoms with Crippen LogP contribution in [0.3, 0.4) is 0 Å². The normalized spacial score (nSPS) is 20.4. The smallest absolute Gasteiger partial charge is 0.138 e. The van der Waals surface area contributed by atoms with Gasteiger partial charge >= 0.3 is 0 Å². The highest BCUT2D eigenvalue weighted by molar-refractivity contribution is 4.96. The third kappa shape index (κ3) is 2.35. The third-order valence-electron chi connectivity index (χ3n) is 3.02. The minimum absolute atomic E-state index is 0.592. The molecule has 1 saturated heterocycles. The maximum atomic E-state index is 10.3. The van der Waals surface area contributed by atoms with Crippen molar-refractivity contribution in [1.82, 2.24) is 20.1 Å². The Hall–Kier alpha value is -0.940. The maximum Gasteiger partial charge on any atom is 0.138 e. The Balaban J connectivity index is 2.06. The van der Waals surface area contributed by atoms with Crippen LogP contribution in [0, 0.1) is 0 Å². The molecule has 0 aliphatic carbocycles. The largest absolute Gasteiger partial charge is 0.389 e. The number of rotatable bonds is 3. The Morgan fingerprint density at radius 1 is 1.53 bits per heavy atom. The molecule has 0 unspecified atom stereocenters. The first-order valence-corrected chi connectivity index (χ1v) is 5.53. The molecule has 0 aromatic carbocycles. The quantitative estimate of drug-likeness (QED) is 0.734. The predicted octanol–water partition coefficient (Wildman–Crippen LogP) is -0.0450. The number of nitrogens with one attached hydrogen (secondary N) is 1. The van der Waals surface area contributed by atoms with Gasteiger partial charge in [0.25, 0.3) is 0 Å². The lowest BCUT2D eigenvalue weighted by atomic mass is 9.89. The SMILES string of the molecule is CCn1ncnc1CC1(O)CCNCC1. The van der Waals surface area contributed by atoms with E-state index in [1.165, 1.54) is 0 Å². The van der Waals surface area contributed by atoms with Crippen molar-refractivity contribution in [3.63, 3.8) is 0 Å². The summed E-state index contributed by atoms with van der Waals surface area (Å²) in [4.78, 5) is 4.20. The Kier molecular flexibility index (Phi) is 3.02. The van der Waals surface area contributed by atoms with Crippen LogP contribution in [-0.4, -0.2) is 38.6 Å². The summed E-state index contributed by atoms with van der Waals surface area (Å²) in [6.45, 7) is 4.61. The van der Waals surface area contributed by atoms with Gasteiger partial charge in [0.15, 0.2) is 0 Å². The van der Waals surface area contributed by atoms with Crippen LogP contribution in [0.25, 0.3) is 0 Å². The topological polar surface area (TPSA) is 63.0 Å². The molecule has 2 heterocycles. The van der Waals surface area contributed by atoms with Gasteiger partial charge in [0.2, 0.25) is 0 Å². The first-order chi connectivity index (χ1) is 7.23. The van der Waals surface area contributed by atoms with E-state index in [0.717, 1.165) is 38.3 Å². The van der Waals surface area contributed by atoms with Crippen molar-refractivity contribution in [3.8, 4) is 0 Å². The summed E-state index contributed by atoms with van der Waals surface area (Å²) < 4.78 is 1.85. The molecule has 0 bridgehead atoms. The van der Waals surface area contributed by atoms with E-state index in [1.54, 1.807) is 6.33 Å². The van der Waals surface area contributed by atoms with Gasteiger partial charge in [-0.25, -0.2) is 4.98 Å². The molecular weight excluding hydrogens is 192 g/mol. The van der Waals surface area contributed by atoms with Crippen LogP contribution in [0.15, 0.2) is 6.33 Å². The number of aryl methyl sites for hydroxylation is 1. The van der Waals surface area contributed by atoms with Crippen molar-refractivity contribution in [3.05, 3.63) is 12.2 Å². The zero-order chi connectivity index (χ0) is 10.7. The molecule has 0 radical (unpaired) electrons. The van der Waals surface area contributed by atoms with Crippen LogP contribution in [-0.2, 0) is 13.0 Å². The van der Waals surface area contributed by atoms with E-state index in [2.05, 4.69) is 15.4 Å². The van der Waals surface area contributed by atoms with Crippen LogP contribution >= 0.6 is 0 Å². The van der Waals surface area contributed by atoms with E-state index >= 15 is 0 Å². The summed E-state index contributed by atoms with van der Waals surface area (Å²) in [7, 11) is 0. The molecule has 0 spiro atoms. The number of aromatic nitrogens is 3. The third-order valence-corrected chi connectivity index (χ3v) is 3.02. The summed E-state index contributed by atoms with van der Waals surface area (Å²) >= 11 is 0. The zero-order valence-corrected chi connectivity index (χ0v) is 9.11. The van der Waals surface area contributed by atoms with E-state index in [4.69, 9.17) is 0 Å². The molecule has 1 aromatic rings. The van der Waals surface area contributed by atoms with Gasteiger partial charge in [-0.3, -0.25) is 4.68 Å². The minimum Gasteiger partial charge on any atom is -0.389 e. The molecule has 15 heavy (non-hydrogen) atoms. The number of piperidine rings is 1. The van der Waals surface area contributed by atoms with Gasteiger partial charge in [-0.2, -0.15) is 5.10 Å². The second-order valence-corrected chi connectivity index (χ2v) is 4.14. The molecule has 84 valence electrons. The van der Waals surface area contributed by atoms with Gasteiger partial charge in [0.1, 0.15) is 12.2 Å². The molecule has 1 aromatic heterocycles. The number of hydrogen-bond donors (Lipinski definition) is 2. The molecule has 2 rings (SSSR count). The van der Waals surface area contributed by atoms with Gasteiger partial charge in [0.05, 0.1) is 5.60 Å². The fourth-order valence-corrected chi connectivity index (χ4v) is 2.05. The molecule has 1 fully saturated rings. The molecule has 0 atom stereocenters. The van der Waals surface area contributed by atoms with Crippen LogP contribution in [0.4, 0.5) is 0 Å². The Labute approximate surface area is 89.5 Å². The van der Waals surface area contributed by atoms with E-state index in [-0.39, 0.29) is 0 Å². The molecule has 1 aliphatic rings. The molecule has 5 nitrogen and oxygen atoms in total. The Morgan fingerprint density at radius 2 is 2.27 bits per heavy atom. The van der Waals surface area contributed by atoms with Crippen molar-refractivity contribution in [1.29, 1.82) is 0 Å². The van der Waals surface area contributed by atoms with E-state index in [1.807, 2.05) is 11.6 Å². The summed E-state index contributed by atoms with van der Waals surface area (Å²) in [6, 6.07) is 0. The summed E-state index contributed by atoms with van der Waals surface area (Å²) in [5.74, 6) is 0.891. The molecule has 5 heteroatoms. The Bertz CT molecular complexity index is 317. The molecule has 0 saturated carbocycles. The first kappa shape index (κ1) is 10.6. The number of hydrogen-bond acceptors (Lipinski definition) is 4. The second-order valence-electron chi connectivity index (χ2n) is 4.14. The molecular formula is C10H18N4O. The van der Waals surface area contributed by atoms with Crippen molar-refractivity contribution < 1.29 is 5.11 Å². The number of aliphatic hydroxyl groups is 1. The highest BCUT2D eigenvalue weighted by Gasteiger charge is 2.30. The lowest BCUT2D eigenvalue weighted by Gasteiger charge is -2.32. The van der Waals surface area contributed by atoms with Crippen LogP contribution in [0.5, 0.6) is 0 Å². The summed E-state index contributed by atoms with van der Waals surface area (Å²) in [6.07, 6.45) is 3.76. The van der Waals surface area contributed by atoms with Crippen LogP contribution in [0.2, 0.25) is 0 Å². The first-order valence-electron chi connectivity index (χ1n) is 5.53. The monoisotopic (exact) mass is 210 g/mol.